The van der Waals surface area contributed by atoms with Crippen LogP contribution in [0.2, 0.25) is 0 Å². The van der Waals surface area contributed by atoms with Crippen LogP contribution in [0.15, 0.2) is 29.2 Å². The number of hydrogen-bond donors (Lipinski definition) is 2. The Kier molecular flexibility index (Phi) is 6.85. The van der Waals surface area contributed by atoms with Gasteiger partial charge in [-0.05, 0) is 30.2 Å². The summed E-state index contributed by atoms with van der Waals surface area (Å²) in [6.45, 7) is 3.95. The summed E-state index contributed by atoms with van der Waals surface area (Å²) in [7, 11) is -2.05. The zero-order valence-corrected chi connectivity index (χ0v) is 13.3. The van der Waals surface area contributed by atoms with Crippen molar-refractivity contribution in [1.82, 2.24) is 4.72 Å². The van der Waals surface area contributed by atoms with Crippen LogP contribution in [-0.4, -0.2) is 39.9 Å². The van der Waals surface area contributed by atoms with Gasteiger partial charge < -0.3 is 9.84 Å². The van der Waals surface area contributed by atoms with Crippen LogP contribution in [0.4, 0.5) is 0 Å². The summed E-state index contributed by atoms with van der Waals surface area (Å²) in [6, 6.07) is 5.92. The van der Waals surface area contributed by atoms with Crippen molar-refractivity contribution in [2.45, 2.75) is 24.8 Å². The highest BCUT2D eigenvalue weighted by atomic mass is 32.2. The molecule has 0 fully saturated rings. The van der Waals surface area contributed by atoms with Gasteiger partial charge in [0.1, 0.15) is 6.61 Å². The van der Waals surface area contributed by atoms with Crippen LogP contribution in [0.5, 0.6) is 0 Å². The SMILES string of the molecule is COCC(NS(=O)(=O)c1ccc(C#CCO)cc1)C(C)C. The third kappa shape index (κ3) is 5.48. The summed E-state index contributed by atoms with van der Waals surface area (Å²) >= 11 is 0. The lowest BCUT2D eigenvalue weighted by Gasteiger charge is -2.21. The molecule has 1 rings (SSSR count). The van der Waals surface area contributed by atoms with E-state index in [4.69, 9.17) is 9.84 Å². The van der Waals surface area contributed by atoms with Crippen molar-refractivity contribution < 1.29 is 18.3 Å². The molecular weight excluding hydrogens is 290 g/mol. The van der Waals surface area contributed by atoms with Gasteiger partial charge in [0.25, 0.3) is 0 Å². The number of benzene rings is 1. The molecule has 0 saturated heterocycles. The molecule has 0 heterocycles. The molecule has 0 radical (unpaired) electrons. The summed E-state index contributed by atoms with van der Waals surface area (Å²) in [5.74, 6) is 5.35. The Morgan fingerprint density at radius 1 is 1.29 bits per heavy atom. The molecule has 6 heteroatoms. The number of aliphatic hydroxyl groups excluding tert-OH is 1. The van der Waals surface area contributed by atoms with Gasteiger partial charge in [-0.2, -0.15) is 0 Å². The third-order valence-electron chi connectivity index (χ3n) is 2.93. The van der Waals surface area contributed by atoms with E-state index in [-0.39, 0.29) is 23.5 Å². The fourth-order valence-electron chi connectivity index (χ4n) is 1.67. The average molecular weight is 311 g/mol. The molecule has 0 saturated carbocycles. The first kappa shape index (κ1) is 17.7. The molecule has 0 aliphatic rings. The maximum Gasteiger partial charge on any atom is 0.240 e. The monoisotopic (exact) mass is 311 g/mol. The number of ether oxygens (including phenoxy) is 1. The predicted octanol–water partition coefficient (Wildman–Crippen LogP) is 0.980. The topological polar surface area (TPSA) is 75.6 Å². The molecule has 116 valence electrons. The van der Waals surface area contributed by atoms with Crippen LogP contribution in [0.3, 0.4) is 0 Å². The second-order valence-electron chi connectivity index (χ2n) is 4.91. The van der Waals surface area contributed by atoms with Crippen molar-refractivity contribution in [2.24, 2.45) is 5.92 Å². The minimum absolute atomic E-state index is 0.120. The number of rotatable bonds is 6. The zero-order chi connectivity index (χ0) is 15.9. The van der Waals surface area contributed by atoms with Crippen LogP contribution in [0, 0.1) is 17.8 Å². The molecule has 2 N–H and O–H groups in total. The largest absolute Gasteiger partial charge is 0.384 e. The Balaban J connectivity index is 2.91. The van der Waals surface area contributed by atoms with Gasteiger partial charge >= 0.3 is 0 Å². The van der Waals surface area contributed by atoms with Crippen LogP contribution < -0.4 is 4.72 Å². The van der Waals surface area contributed by atoms with Crippen molar-refractivity contribution in [3.05, 3.63) is 29.8 Å². The van der Waals surface area contributed by atoms with Gasteiger partial charge in [0.05, 0.1) is 11.5 Å². The van der Waals surface area contributed by atoms with Crippen molar-refractivity contribution in [1.29, 1.82) is 0 Å². The van der Waals surface area contributed by atoms with Crippen molar-refractivity contribution in [3.8, 4) is 11.8 Å². The maximum atomic E-state index is 12.3. The van der Waals surface area contributed by atoms with Crippen molar-refractivity contribution in [2.75, 3.05) is 20.3 Å². The Morgan fingerprint density at radius 2 is 1.90 bits per heavy atom. The first-order valence-electron chi connectivity index (χ1n) is 6.61. The predicted molar refractivity (Wildman–Crippen MR) is 81.2 cm³/mol. The number of sulfonamides is 1. The smallest absolute Gasteiger partial charge is 0.240 e. The molecule has 21 heavy (non-hydrogen) atoms. The van der Waals surface area contributed by atoms with E-state index in [0.29, 0.717) is 12.2 Å². The molecule has 0 aliphatic carbocycles. The minimum atomic E-state index is -3.59. The molecule has 1 unspecified atom stereocenters. The molecule has 1 aromatic rings. The number of methoxy groups -OCH3 is 1. The summed E-state index contributed by atoms with van der Waals surface area (Å²) < 4.78 is 32.3. The normalized spacial score (nSPS) is 12.8. The summed E-state index contributed by atoms with van der Waals surface area (Å²) in [6.07, 6.45) is 0. The van der Waals surface area contributed by atoms with Gasteiger partial charge in [0.2, 0.25) is 10.0 Å². The highest BCUT2D eigenvalue weighted by Crippen LogP contribution is 2.13. The lowest BCUT2D eigenvalue weighted by molar-refractivity contribution is 0.157. The van der Waals surface area contributed by atoms with E-state index in [1.807, 2.05) is 13.8 Å². The van der Waals surface area contributed by atoms with Gasteiger partial charge in [0.15, 0.2) is 0 Å². The molecule has 0 bridgehead atoms. The third-order valence-corrected chi connectivity index (χ3v) is 4.44. The van der Waals surface area contributed by atoms with Crippen LogP contribution >= 0.6 is 0 Å². The van der Waals surface area contributed by atoms with Crippen LogP contribution in [-0.2, 0) is 14.8 Å². The average Bonchev–Trinajstić information content (AvgIpc) is 2.45. The number of aliphatic hydroxyl groups is 1. The van der Waals surface area contributed by atoms with Crippen molar-refractivity contribution in [3.63, 3.8) is 0 Å². The summed E-state index contributed by atoms with van der Waals surface area (Å²) in [4.78, 5) is 0.179. The van der Waals surface area contributed by atoms with Crippen LogP contribution in [0.25, 0.3) is 0 Å². The molecule has 0 spiro atoms. The second kappa shape index (κ2) is 8.15. The van der Waals surface area contributed by atoms with Gasteiger partial charge in [-0.15, -0.1) is 0 Å². The number of hydrogen-bond acceptors (Lipinski definition) is 4. The molecule has 1 aromatic carbocycles. The molecule has 1 atom stereocenters. The number of nitrogens with one attached hydrogen (secondary N) is 1. The van der Waals surface area contributed by atoms with Gasteiger partial charge in [-0.3, -0.25) is 0 Å². The van der Waals surface area contributed by atoms with E-state index in [1.54, 1.807) is 12.1 Å². The highest BCUT2D eigenvalue weighted by molar-refractivity contribution is 7.89. The first-order valence-corrected chi connectivity index (χ1v) is 8.10. The standard InChI is InChI=1S/C15H21NO4S/c1-12(2)15(11-20-3)16-21(18,19)14-8-6-13(7-9-14)5-4-10-17/h6-9,12,15-17H,10-11H2,1-3H3. The summed E-state index contributed by atoms with van der Waals surface area (Å²) in [5.41, 5.74) is 0.653. The van der Waals surface area contributed by atoms with Gasteiger partial charge in [0, 0.05) is 18.7 Å². The van der Waals surface area contributed by atoms with E-state index in [9.17, 15) is 8.42 Å². The van der Waals surface area contributed by atoms with E-state index >= 15 is 0 Å². The first-order chi connectivity index (χ1) is 9.90. The lowest BCUT2D eigenvalue weighted by Crippen LogP contribution is -2.41. The minimum Gasteiger partial charge on any atom is -0.384 e. The highest BCUT2D eigenvalue weighted by Gasteiger charge is 2.22. The Hall–Kier alpha value is -1.39. The van der Waals surface area contributed by atoms with E-state index in [1.165, 1.54) is 19.2 Å². The van der Waals surface area contributed by atoms with Crippen molar-refractivity contribution >= 4 is 10.0 Å². The van der Waals surface area contributed by atoms with E-state index in [2.05, 4.69) is 16.6 Å². The lowest BCUT2D eigenvalue weighted by atomic mass is 10.1. The van der Waals surface area contributed by atoms with Gasteiger partial charge in [-0.25, -0.2) is 13.1 Å². The summed E-state index contributed by atoms with van der Waals surface area (Å²) in [5, 5.41) is 8.62. The Bertz CT molecular complexity index is 597. The zero-order valence-electron chi connectivity index (χ0n) is 12.5. The van der Waals surface area contributed by atoms with Crippen LogP contribution in [0.1, 0.15) is 19.4 Å². The fourth-order valence-corrected chi connectivity index (χ4v) is 3.04. The maximum absolute atomic E-state index is 12.3. The van der Waals surface area contributed by atoms with E-state index in [0.717, 1.165) is 0 Å². The quantitative estimate of drug-likeness (QED) is 0.768. The Morgan fingerprint density at radius 3 is 2.38 bits per heavy atom. The molecule has 0 aromatic heterocycles. The second-order valence-corrected chi connectivity index (χ2v) is 6.63. The molecule has 5 nitrogen and oxygen atoms in total. The Labute approximate surface area is 126 Å². The molecule has 0 aliphatic heterocycles. The van der Waals surface area contributed by atoms with Gasteiger partial charge in [-0.1, -0.05) is 25.7 Å². The van der Waals surface area contributed by atoms with E-state index < -0.39 is 10.0 Å². The molecule has 0 amide bonds. The fraction of sp³-hybridized carbons (Fsp3) is 0.467. The molecular formula is C15H21NO4S.